The predicted molar refractivity (Wildman–Crippen MR) is 233 cm³/mol. The molecule has 3 aromatic heterocycles. The number of aromatic nitrogens is 3. The van der Waals surface area contributed by atoms with Crippen LogP contribution in [0.2, 0.25) is 0 Å². The Labute approximate surface area is 335 Å². The lowest BCUT2D eigenvalue weighted by molar-refractivity contribution is 0.670. The number of thiophene rings is 1. The molecule has 0 N–H and O–H groups in total. The molecule has 0 fully saturated rings. The topological polar surface area (TPSA) is 51.8 Å². The van der Waals surface area contributed by atoms with E-state index in [9.17, 15) is 8.22 Å². The normalized spacial score (nSPS) is 13.1. The number of nitrogens with zero attached hydrogens (tertiary/aromatic N) is 3. The molecule has 4 nitrogen and oxygen atoms in total. The van der Waals surface area contributed by atoms with Crippen LogP contribution in [-0.4, -0.2) is 15.0 Å². The van der Waals surface area contributed by atoms with Crippen molar-refractivity contribution in [3.8, 4) is 67.5 Å². The van der Waals surface area contributed by atoms with E-state index in [4.69, 9.17) is 19.4 Å². The molecule has 11 rings (SSSR count). The maximum absolute atomic E-state index is 9.74. The van der Waals surface area contributed by atoms with Crippen LogP contribution in [0.15, 0.2) is 192 Å². The minimum atomic E-state index is -0.285. The molecule has 0 radical (unpaired) electrons. The summed E-state index contributed by atoms with van der Waals surface area (Å²) in [6.45, 7) is 0. The van der Waals surface area contributed by atoms with Gasteiger partial charge in [-0.15, -0.1) is 11.3 Å². The maximum atomic E-state index is 9.74. The molecule has 11 aromatic rings. The molecule has 5 heteroatoms. The van der Waals surface area contributed by atoms with Crippen molar-refractivity contribution in [2.24, 2.45) is 0 Å². The first-order valence-corrected chi connectivity index (χ1v) is 19.0. The molecule has 0 spiro atoms. The zero-order valence-electron chi connectivity index (χ0n) is 35.6. The van der Waals surface area contributed by atoms with Crippen LogP contribution in [0.5, 0.6) is 0 Å². The summed E-state index contributed by atoms with van der Waals surface area (Å²) in [5, 5.41) is 2.17. The van der Waals surface area contributed by atoms with Gasteiger partial charge >= 0.3 is 0 Å². The molecule has 0 atom stereocenters. The standard InChI is InChI=1S/C51H31N3OS/c1-4-12-32(13-5-1)33-20-22-36(23-21-33)50-52-49(35-16-8-3-9-17-35)53-51(54-50)38-24-26-41-43-30-37(25-29-45(43)56-46(41)31-38)40-28-27-39(34-14-6-2-7-15-34)47-42-18-10-11-19-44(42)55-48(40)47/h1-31H/i24D,25D,26D,29D,30D,31D. The van der Waals surface area contributed by atoms with Crippen molar-refractivity contribution in [3.63, 3.8) is 0 Å². The van der Waals surface area contributed by atoms with Gasteiger partial charge in [0.25, 0.3) is 0 Å². The van der Waals surface area contributed by atoms with Gasteiger partial charge in [-0.05, 0) is 58.1 Å². The van der Waals surface area contributed by atoms with E-state index >= 15 is 0 Å². The largest absolute Gasteiger partial charge is 0.455 e. The Kier molecular flexibility index (Phi) is 6.29. The van der Waals surface area contributed by atoms with Crippen molar-refractivity contribution in [2.45, 2.75) is 0 Å². The van der Waals surface area contributed by atoms with Crippen molar-refractivity contribution in [1.82, 2.24) is 15.0 Å². The summed E-state index contributed by atoms with van der Waals surface area (Å²) in [7, 11) is 0. The van der Waals surface area contributed by atoms with Crippen LogP contribution in [0.25, 0.3) is 110 Å². The summed E-state index contributed by atoms with van der Waals surface area (Å²) in [5.74, 6) is 0.754. The van der Waals surface area contributed by atoms with Gasteiger partial charge in [-0.1, -0.05) is 158 Å². The van der Waals surface area contributed by atoms with E-state index in [1.165, 1.54) is 0 Å². The average Bonchev–Trinajstić information content (AvgIpc) is 3.92. The highest BCUT2D eigenvalue weighted by molar-refractivity contribution is 7.25. The number of para-hydroxylation sites is 1. The highest BCUT2D eigenvalue weighted by Gasteiger charge is 2.19. The first-order valence-electron chi connectivity index (χ1n) is 21.2. The van der Waals surface area contributed by atoms with E-state index in [1.54, 1.807) is 0 Å². The summed E-state index contributed by atoms with van der Waals surface area (Å²) in [5.41, 5.74) is 7.26. The van der Waals surface area contributed by atoms with Gasteiger partial charge in [0, 0.05) is 53.2 Å². The zero-order chi connectivity index (χ0) is 42.2. The average molecular weight is 740 g/mol. The molecule has 3 heterocycles. The van der Waals surface area contributed by atoms with Crippen LogP contribution in [0.4, 0.5) is 0 Å². The quantitative estimate of drug-likeness (QED) is 0.170. The van der Waals surface area contributed by atoms with E-state index in [1.807, 2.05) is 152 Å². The predicted octanol–water partition coefficient (Wildman–Crippen LogP) is 14.1. The van der Waals surface area contributed by atoms with Crippen molar-refractivity contribution in [1.29, 1.82) is 0 Å². The molecule has 0 bridgehead atoms. The highest BCUT2D eigenvalue weighted by Crippen LogP contribution is 2.44. The SMILES string of the molecule is [2H]c1c(-c2ccc(-c3ccccc3)c3c2oc2ccccc23)c([2H])c2c(sc3c([2H])c(-c4nc(-c5ccccc5)nc(-c5ccc(-c6ccccc6)cc5)n4)c([2H])c([2H])c32)c1[2H]. The van der Waals surface area contributed by atoms with Crippen molar-refractivity contribution in [2.75, 3.05) is 0 Å². The summed E-state index contributed by atoms with van der Waals surface area (Å²) in [4.78, 5) is 14.5. The van der Waals surface area contributed by atoms with Crippen LogP contribution in [-0.2, 0) is 0 Å². The number of fused-ring (bicyclic) bond motifs is 6. The third kappa shape index (κ3) is 5.56. The Morgan fingerprint density at radius 2 is 0.946 bits per heavy atom. The smallest absolute Gasteiger partial charge is 0.164 e. The van der Waals surface area contributed by atoms with Gasteiger partial charge in [-0.2, -0.15) is 0 Å². The molecule has 0 aliphatic carbocycles. The van der Waals surface area contributed by atoms with Gasteiger partial charge in [0.2, 0.25) is 0 Å². The lowest BCUT2D eigenvalue weighted by Crippen LogP contribution is -2.00. The number of hydrogen-bond acceptors (Lipinski definition) is 5. The lowest BCUT2D eigenvalue weighted by Gasteiger charge is -2.09. The molecule has 262 valence electrons. The maximum Gasteiger partial charge on any atom is 0.164 e. The Morgan fingerprint density at radius 3 is 1.68 bits per heavy atom. The molecule has 8 aromatic carbocycles. The fraction of sp³-hybridized carbons (Fsp3) is 0. The zero-order valence-corrected chi connectivity index (χ0v) is 30.4. The van der Waals surface area contributed by atoms with Gasteiger partial charge in [-0.3, -0.25) is 0 Å². The van der Waals surface area contributed by atoms with Gasteiger partial charge in [0.05, 0.1) is 8.22 Å². The molecule has 0 saturated heterocycles. The number of hydrogen-bond donors (Lipinski definition) is 0. The summed E-state index contributed by atoms with van der Waals surface area (Å²) in [6, 6.07) is 47.8. The van der Waals surface area contributed by atoms with E-state index in [0.717, 1.165) is 44.4 Å². The monoisotopic (exact) mass is 739 g/mol. The highest BCUT2D eigenvalue weighted by atomic mass is 32.1. The van der Waals surface area contributed by atoms with E-state index in [-0.39, 0.29) is 64.0 Å². The molecule has 56 heavy (non-hydrogen) atoms. The van der Waals surface area contributed by atoms with E-state index in [0.29, 0.717) is 48.9 Å². The number of rotatable bonds is 6. The number of benzene rings is 8. The van der Waals surface area contributed by atoms with Gasteiger partial charge in [0.1, 0.15) is 11.2 Å². The van der Waals surface area contributed by atoms with Crippen LogP contribution in [0, 0.1) is 0 Å². The second-order valence-corrected chi connectivity index (χ2v) is 14.5. The minimum absolute atomic E-state index is 0.0423. The minimum Gasteiger partial charge on any atom is -0.455 e. The number of furan rings is 1. The molecule has 0 saturated carbocycles. The summed E-state index contributed by atoms with van der Waals surface area (Å²) in [6.07, 6.45) is 0. The van der Waals surface area contributed by atoms with Crippen LogP contribution >= 0.6 is 11.3 Å². The summed E-state index contributed by atoms with van der Waals surface area (Å²) < 4.78 is 64.1. The fourth-order valence-corrected chi connectivity index (χ4v) is 8.27. The van der Waals surface area contributed by atoms with E-state index in [2.05, 4.69) is 0 Å². The second kappa shape index (κ2) is 13.3. The second-order valence-electron chi connectivity index (χ2n) is 13.5. The third-order valence-electron chi connectivity index (χ3n) is 10.0. The Bertz CT molecular complexity index is 3580. The first kappa shape index (κ1) is 26.5. The van der Waals surface area contributed by atoms with Gasteiger partial charge in [-0.25, -0.2) is 15.0 Å². The Balaban J connectivity index is 1.12. The fourth-order valence-electron chi connectivity index (χ4n) is 7.30. The van der Waals surface area contributed by atoms with Crippen molar-refractivity contribution in [3.05, 3.63) is 188 Å². The summed E-state index contributed by atoms with van der Waals surface area (Å²) >= 11 is 1.07. The van der Waals surface area contributed by atoms with Gasteiger partial charge < -0.3 is 4.42 Å². The lowest BCUT2D eigenvalue weighted by atomic mass is 9.94. The Morgan fingerprint density at radius 1 is 0.393 bits per heavy atom. The molecule has 0 amide bonds. The van der Waals surface area contributed by atoms with Crippen molar-refractivity contribution >= 4 is 53.4 Å². The Hall–Kier alpha value is -7.21. The molecule has 0 aliphatic rings. The third-order valence-corrected chi connectivity index (χ3v) is 11.1. The van der Waals surface area contributed by atoms with Gasteiger partial charge in [0.15, 0.2) is 17.5 Å². The van der Waals surface area contributed by atoms with Crippen LogP contribution in [0.1, 0.15) is 8.22 Å². The van der Waals surface area contributed by atoms with Crippen molar-refractivity contribution < 1.29 is 12.6 Å². The van der Waals surface area contributed by atoms with Crippen LogP contribution < -0.4 is 0 Å². The first-order chi connectivity index (χ1) is 30.3. The van der Waals surface area contributed by atoms with E-state index < -0.39 is 0 Å². The van der Waals surface area contributed by atoms with Crippen LogP contribution in [0.3, 0.4) is 0 Å². The molecule has 0 aliphatic heterocycles. The molecular formula is C51H31N3OS. The molecule has 0 unspecified atom stereocenters. The molecular weight excluding hydrogens is 703 g/mol.